The number of ether oxygens (including phenoxy) is 2. The van der Waals surface area contributed by atoms with Crippen molar-refractivity contribution in [2.75, 3.05) is 26.9 Å². The minimum Gasteiger partial charge on any atom is -0.497 e. The highest BCUT2D eigenvalue weighted by molar-refractivity contribution is 5.39. The highest BCUT2D eigenvalue weighted by Crippen LogP contribution is 2.37. The average Bonchev–Trinajstić information content (AvgIpc) is 2.38. The molecule has 1 atom stereocenters. The first-order chi connectivity index (χ1) is 8.52. The van der Waals surface area contributed by atoms with Gasteiger partial charge in [-0.1, -0.05) is 6.07 Å². The summed E-state index contributed by atoms with van der Waals surface area (Å²) in [6.45, 7) is 1.32. The number of rotatable bonds is 2. The van der Waals surface area contributed by atoms with E-state index in [0.717, 1.165) is 6.07 Å². The Morgan fingerprint density at radius 1 is 1.39 bits per heavy atom. The zero-order valence-electron chi connectivity index (χ0n) is 9.88. The van der Waals surface area contributed by atoms with Gasteiger partial charge in [-0.05, 0) is 17.7 Å². The minimum absolute atomic E-state index is 0.197. The van der Waals surface area contributed by atoms with Gasteiger partial charge in [0.15, 0.2) is 0 Å². The molecular formula is C12H14F3NO2. The van der Waals surface area contributed by atoms with Crippen LogP contribution >= 0.6 is 0 Å². The number of alkyl halides is 3. The van der Waals surface area contributed by atoms with Gasteiger partial charge in [0.2, 0.25) is 0 Å². The molecule has 100 valence electrons. The van der Waals surface area contributed by atoms with E-state index in [1.165, 1.54) is 19.2 Å². The number of halogens is 3. The van der Waals surface area contributed by atoms with E-state index in [4.69, 9.17) is 9.47 Å². The second kappa shape index (κ2) is 5.16. The summed E-state index contributed by atoms with van der Waals surface area (Å²) in [7, 11) is 1.34. The summed E-state index contributed by atoms with van der Waals surface area (Å²) in [5, 5.41) is 3.02. The van der Waals surface area contributed by atoms with E-state index in [1.807, 2.05) is 0 Å². The maximum atomic E-state index is 13.0. The van der Waals surface area contributed by atoms with Crippen LogP contribution in [0.3, 0.4) is 0 Å². The molecule has 1 unspecified atom stereocenters. The first-order valence-electron chi connectivity index (χ1n) is 5.58. The highest BCUT2D eigenvalue weighted by Gasteiger charge is 2.36. The fourth-order valence-corrected chi connectivity index (χ4v) is 1.98. The highest BCUT2D eigenvalue weighted by atomic mass is 19.4. The lowest BCUT2D eigenvalue weighted by Crippen LogP contribution is -2.35. The molecule has 0 bridgehead atoms. The van der Waals surface area contributed by atoms with Gasteiger partial charge in [-0.15, -0.1) is 0 Å². The Morgan fingerprint density at radius 2 is 2.17 bits per heavy atom. The average molecular weight is 261 g/mol. The summed E-state index contributed by atoms with van der Waals surface area (Å²) in [6, 6.07) is 3.56. The smallest absolute Gasteiger partial charge is 0.416 e. The molecule has 0 radical (unpaired) electrons. The Kier molecular flexibility index (Phi) is 3.77. The molecule has 0 aromatic heterocycles. The van der Waals surface area contributed by atoms with Crippen LogP contribution in [0.2, 0.25) is 0 Å². The van der Waals surface area contributed by atoms with Crippen LogP contribution in [0.1, 0.15) is 17.2 Å². The van der Waals surface area contributed by atoms with E-state index in [1.54, 1.807) is 0 Å². The van der Waals surface area contributed by atoms with Gasteiger partial charge in [0.1, 0.15) is 5.75 Å². The van der Waals surface area contributed by atoms with Crippen molar-refractivity contribution in [2.45, 2.75) is 12.2 Å². The molecule has 1 aliphatic rings. The summed E-state index contributed by atoms with van der Waals surface area (Å²) in [4.78, 5) is 0. The van der Waals surface area contributed by atoms with Crippen molar-refractivity contribution in [1.29, 1.82) is 0 Å². The van der Waals surface area contributed by atoms with Crippen molar-refractivity contribution in [2.24, 2.45) is 0 Å². The quantitative estimate of drug-likeness (QED) is 0.886. The number of hydrogen-bond acceptors (Lipinski definition) is 3. The maximum Gasteiger partial charge on any atom is 0.416 e. The second-order valence-electron chi connectivity index (χ2n) is 4.03. The van der Waals surface area contributed by atoms with Crippen LogP contribution in [-0.2, 0) is 10.9 Å². The molecule has 1 aliphatic heterocycles. The summed E-state index contributed by atoms with van der Waals surface area (Å²) in [5.74, 6) is 0.197. The fourth-order valence-electron chi connectivity index (χ4n) is 1.98. The monoisotopic (exact) mass is 261 g/mol. The van der Waals surface area contributed by atoms with Crippen LogP contribution in [0.4, 0.5) is 13.2 Å². The van der Waals surface area contributed by atoms with Gasteiger partial charge in [-0.3, -0.25) is 0 Å². The Balaban J connectivity index is 2.38. The van der Waals surface area contributed by atoms with E-state index < -0.39 is 17.8 Å². The second-order valence-corrected chi connectivity index (χ2v) is 4.03. The molecule has 1 fully saturated rings. The molecule has 1 aromatic rings. The molecule has 1 N–H and O–H groups in total. The van der Waals surface area contributed by atoms with Gasteiger partial charge in [-0.25, -0.2) is 0 Å². The molecule has 0 amide bonds. The van der Waals surface area contributed by atoms with E-state index in [9.17, 15) is 13.2 Å². The lowest BCUT2D eigenvalue weighted by Gasteiger charge is -2.26. The van der Waals surface area contributed by atoms with Crippen LogP contribution in [-0.4, -0.2) is 26.9 Å². The third kappa shape index (κ3) is 2.76. The van der Waals surface area contributed by atoms with Crippen molar-refractivity contribution in [3.05, 3.63) is 29.3 Å². The van der Waals surface area contributed by atoms with Crippen LogP contribution < -0.4 is 10.1 Å². The number of methoxy groups -OCH3 is 1. The summed E-state index contributed by atoms with van der Waals surface area (Å²) in [6.07, 6.45) is -4.40. The normalized spacial score (nSPS) is 20.8. The van der Waals surface area contributed by atoms with E-state index in [0.29, 0.717) is 13.2 Å². The number of hydrogen-bond donors (Lipinski definition) is 1. The van der Waals surface area contributed by atoms with Gasteiger partial charge in [0.25, 0.3) is 0 Å². The molecule has 6 heteroatoms. The van der Waals surface area contributed by atoms with Crippen LogP contribution in [0.25, 0.3) is 0 Å². The zero-order valence-corrected chi connectivity index (χ0v) is 9.88. The lowest BCUT2D eigenvalue weighted by atomic mass is 9.99. The molecule has 1 saturated heterocycles. The number of morpholine rings is 1. The summed E-state index contributed by atoms with van der Waals surface area (Å²) >= 11 is 0. The number of nitrogens with one attached hydrogen (secondary N) is 1. The molecule has 3 nitrogen and oxygen atoms in total. The molecule has 18 heavy (non-hydrogen) atoms. The Labute approximate surface area is 103 Å². The number of benzene rings is 1. The zero-order chi connectivity index (χ0) is 13.2. The van der Waals surface area contributed by atoms with E-state index >= 15 is 0 Å². The minimum atomic E-state index is -4.40. The molecule has 1 heterocycles. The van der Waals surface area contributed by atoms with Gasteiger partial charge in [0.05, 0.1) is 31.9 Å². The van der Waals surface area contributed by atoms with Gasteiger partial charge < -0.3 is 14.8 Å². The molecule has 2 rings (SSSR count). The summed E-state index contributed by atoms with van der Waals surface area (Å²) < 4.78 is 49.0. The molecule has 0 spiro atoms. The van der Waals surface area contributed by atoms with Crippen molar-refractivity contribution < 1.29 is 22.6 Å². The summed E-state index contributed by atoms with van der Waals surface area (Å²) in [5.41, 5.74) is -0.479. The van der Waals surface area contributed by atoms with Gasteiger partial charge in [0, 0.05) is 6.54 Å². The van der Waals surface area contributed by atoms with Crippen molar-refractivity contribution in [3.63, 3.8) is 0 Å². The Morgan fingerprint density at radius 3 is 2.72 bits per heavy atom. The predicted molar refractivity (Wildman–Crippen MR) is 59.6 cm³/mol. The first-order valence-corrected chi connectivity index (χ1v) is 5.58. The van der Waals surface area contributed by atoms with Crippen LogP contribution in [0.15, 0.2) is 18.2 Å². The largest absolute Gasteiger partial charge is 0.497 e. The van der Waals surface area contributed by atoms with Crippen LogP contribution in [0.5, 0.6) is 5.75 Å². The fraction of sp³-hybridized carbons (Fsp3) is 0.500. The van der Waals surface area contributed by atoms with Gasteiger partial charge in [-0.2, -0.15) is 13.2 Å². The Bertz CT molecular complexity index is 414. The lowest BCUT2D eigenvalue weighted by molar-refractivity contribution is -0.138. The topological polar surface area (TPSA) is 30.5 Å². The van der Waals surface area contributed by atoms with Gasteiger partial charge >= 0.3 is 6.18 Å². The Hall–Kier alpha value is -1.27. The third-order valence-corrected chi connectivity index (χ3v) is 2.86. The standard InChI is InChI=1S/C12H14F3NO2/c1-17-8-2-3-9(10(6-8)12(13,14)15)11-7-18-5-4-16-11/h2-3,6,11,16H,4-5,7H2,1H3. The predicted octanol–water partition coefficient (Wildman–Crippen LogP) is 2.37. The molecule has 0 aliphatic carbocycles. The molecule has 0 saturated carbocycles. The van der Waals surface area contributed by atoms with Crippen molar-refractivity contribution in [3.8, 4) is 5.75 Å². The van der Waals surface area contributed by atoms with Crippen molar-refractivity contribution in [1.82, 2.24) is 5.32 Å². The van der Waals surface area contributed by atoms with E-state index in [2.05, 4.69) is 5.32 Å². The third-order valence-electron chi connectivity index (χ3n) is 2.86. The molecular weight excluding hydrogens is 247 g/mol. The maximum absolute atomic E-state index is 13.0. The molecule has 1 aromatic carbocycles. The van der Waals surface area contributed by atoms with Crippen molar-refractivity contribution >= 4 is 0 Å². The first kappa shape index (κ1) is 13.2. The van der Waals surface area contributed by atoms with Crippen LogP contribution in [0, 0.1) is 0 Å². The van der Waals surface area contributed by atoms with E-state index in [-0.39, 0.29) is 17.9 Å². The SMILES string of the molecule is COc1ccc(C2COCCN2)c(C(F)(F)F)c1.